The molecule has 1 heterocycles. The first kappa shape index (κ1) is 9.70. The van der Waals surface area contributed by atoms with Gasteiger partial charge >= 0.3 is 0 Å². The van der Waals surface area contributed by atoms with Crippen LogP contribution in [0.25, 0.3) is 0 Å². The van der Waals surface area contributed by atoms with Crippen LogP contribution >= 0.6 is 0 Å². The van der Waals surface area contributed by atoms with E-state index in [0.717, 1.165) is 5.41 Å². The molecule has 2 unspecified atom stereocenters. The third-order valence-electron chi connectivity index (χ3n) is 2.03. The fourth-order valence-electron chi connectivity index (χ4n) is 1.42. The van der Waals surface area contributed by atoms with Crippen molar-refractivity contribution in [2.24, 2.45) is 0 Å². The normalized spacial score (nSPS) is 32.2. The standard InChI is InChI=1S/C7H13NO3S/c1-3-12(10,11)8-5-7(9)4-6(8)2/h3,6-7,9H,1,4-5H2,2H3. The van der Waals surface area contributed by atoms with Gasteiger partial charge < -0.3 is 5.11 Å². The number of rotatable bonds is 2. The molecule has 0 aromatic heterocycles. The van der Waals surface area contributed by atoms with Crippen molar-refractivity contribution < 1.29 is 13.5 Å². The van der Waals surface area contributed by atoms with E-state index in [4.69, 9.17) is 0 Å². The molecular weight excluding hydrogens is 178 g/mol. The Morgan fingerprint density at radius 1 is 1.67 bits per heavy atom. The van der Waals surface area contributed by atoms with Crippen molar-refractivity contribution in [3.63, 3.8) is 0 Å². The molecule has 0 aromatic carbocycles. The van der Waals surface area contributed by atoms with Gasteiger partial charge in [-0.05, 0) is 13.3 Å². The van der Waals surface area contributed by atoms with Gasteiger partial charge in [0.25, 0.3) is 0 Å². The minimum atomic E-state index is -3.34. The summed E-state index contributed by atoms with van der Waals surface area (Å²) >= 11 is 0. The van der Waals surface area contributed by atoms with E-state index >= 15 is 0 Å². The Hall–Kier alpha value is -0.390. The Morgan fingerprint density at radius 3 is 2.58 bits per heavy atom. The lowest BCUT2D eigenvalue weighted by Crippen LogP contribution is -2.32. The van der Waals surface area contributed by atoms with Gasteiger partial charge in [-0.15, -0.1) is 0 Å². The van der Waals surface area contributed by atoms with Gasteiger partial charge in [-0.3, -0.25) is 0 Å². The summed E-state index contributed by atoms with van der Waals surface area (Å²) in [6, 6.07) is -0.122. The largest absolute Gasteiger partial charge is 0.392 e. The van der Waals surface area contributed by atoms with Crippen molar-refractivity contribution in [1.29, 1.82) is 0 Å². The third-order valence-corrected chi connectivity index (χ3v) is 3.62. The number of aliphatic hydroxyl groups excluding tert-OH is 1. The lowest BCUT2D eigenvalue weighted by atomic mass is 10.2. The first-order chi connectivity index (χ1) is 5.47. The molecule has 0 radical (unpaired) electrons. The molecule has 70 valence electrons. The van der Waals surface area contributed by atoms with Gasteiger partial charge in [0.1, 0.15) is 0 Å². The van der Waals surface area contributed by atoms with Crippen LogP contribution in [0.15, 0.2) is 12.0 Å². The number of aliphatic hydroxyl groups is 1. The van der Waals surface area contributed by atoms with Crippen LogP contribution in [0.2, 0.25) is 0 Å². The van der Waals surface area contributed by atoms with Gasteiger partial charge in [-0.2, -0.15) is 4.31 Å². The van der Waals surface area contributed by atoms with E-state index in [1.807, 2.05) is 0 Å². The van der Waals surface area contributed by atoms with E-state index in [0.29, 0.717) is 6.42 Å². The first-order valence-corrected chi connectivity index (χ1v) is 5.30. The number of β-amino-alcohol motifs (C(OH)–C–C–N with tert-alkyl or cyclic N) is 1. The molecule has 0 amide bonds. The molecule has 0 saturated carbocycles. The van der Waals surface area contributed by atoms with Crippen molar-refractivity contribution in [3.8, 4) is 0 Å². The Labute approximate surface area is 72.5 Å². The minimum absolute atomic E-state index is 0.122. The van der Waals surface area contributed by atoms with Gasteiger partial charge in [0.05, 0.1) is 6.10 Å². The molecule has 0 bridgehead atoms. The second kappa shape index (κ2) is 3.16. The van der Waals surface area contributed by atoms with Crippen LogP contribution in [-0.2, 0) is 10.0 Å². The number of hydrogen-bond acceptors (Lipinski definition) is 3. The Morgan fingerprint density at radius 2 is 2.25 bits per heavy atom. The number of sulfonamides is 1. The zero-order chi connectivity index (χ0) is 9.35. The molecule has 0 spiro atoms. The van der Waals surface area contributed by atoms with E-state index in [9.17, 15) is 13.5 Å². The zero-order valence-corrected chi connectivity index (χ0v) is 7.79. The lowest BCUT2D eigenvalue weighted by molar-refractivity contribution is 0.189. The summed E-state index contributed by atoms with van der Waals surface area (Å²) < 4.78 is 23.8. The maximum Gasteiger partial charge on any atom is 0.235 e. The van der Waals surface area contributed by atoms with Crippen LogP contribution in [-0.4, -0.2) is 36.5 Å². The number of hydrogen-bond donors (Lipinski definition) is 1. The molecule has 1 rings (SSSR count). The predicted octanol–water partition coefficient (Wildman–Crippen LogP) is -0.0852. The summed E-state index contributed by atoms with van der Waals surface area (Å²) in [5.74, 6) is 0. The van der Waals surface area contributed by atoms with Crippen molar-refractivity contribution in [1.82, 2.24) is 4.31 Å². The molecule has 1 fully saturated rings. The van der Waals surface area contributed by atoms with Crippen LogP contribution in [0.4, 0.5) is 0 Å². The first-order valence-electron chi connectivity index (χ1n) is 3.79. The highest BCUT2D eigenvalue weighted by Gasteiger charge is 2.34. The molecule has 12 heavy (non-hydrogen) atoms. The fourth-order valence-corrected chi connectivity index (χ4v) is 2.58. The molecule has 1 aliphatic heterocycles. The average Bonchev–Trinajstić information content (AvgIpc) is 2.31. The van der Waals surface area contributed by atoms with Crippen molar-refractivity contribution in [2.75, 3.05) is 6.54 Å². The second-order valence-corrected chi connectivity index (χ2v) is 4.85. The molecule has 2 atom stereocenters. The molecule has 5 heteroatoms. The topological polar surface area (TPSA) is 57.6 Å². The molecule has 1 N–H and O–H groups in total. The van der Waals surface area contributed by atoms with Gasteiger partial charge in [-0.25, -0.2) is 8.42 Å². The van der Waals surface area contributed by atoms with Crippen molar-refractivity contribution in [2.45, 2.75) is 25.5 Å². The van der Waals surface area contributed by atoms with E-state index in [-0.39, 0.29) is 12.6 Å². The summed E-state index contributed by atoms with van der Waals surface area (Å²) in [6.07, 6.45) is -0.0256. The third kappa shape index (κ3) is 1.68. The van der Waals surface area contributed by atoms with E-state index in [1.54, 1.807) is 6.92 Å². The Balaban J connectivity index is 2.84. The van der Waals surface area contributed by atoms with E-state index < -0.39 is 16.1 Å². The smallest absolute Gasteiger partial charge is 0.235 e. The molecule has 1 saturated heterocycles. The molecule has 0 aromatic rings. The van der Waals surface area contributed by atoms with E-state index in [2.05, 4.69) is 6.58 Å². The van der Waals surface area contributed by atoms with Crippen LogP contribution in [0, 0.1) is 0 Å². The molecule has 4 nitrogen and oxygen atoms in total. The second-order valence-electron chi connectivity index (χ2n) is 3.02. The lowest BCUT2D eigenvalue weighted by Gasteiger charge is -2.17. The SMILES string of the molecule is C=CS(=O)(=O)N1CC(O)CC1C. The van der Waals surface area contributed by atoms with E-state index in [1.165, 1.54) is 4.31 Å². The van der Waals surface area contributed by atoms with Gasteiger partial charge in [0.2, 0.25) is 10.0 Å². The summed E-state index contributed by atoms with van der Waals surface area (Å²) in [4.78, 5) is 0. The molecule has 0 aliphatic carbocycles. The fraction of sp³-hybridized carbons (Fsp3) is 0.714. The highest BCUT2D eigenvalue weighted by Crippen LogP contribution is 2.21. The zero-order valence-electron chi connectivity index (χ0n) is 6.97. The van der Waals surface area contributed by atoms with Crippen LogP contribution in [0.1, 0.15) is 13.3 Å². The van der Waals surface area contributed by atoms with Crippen molar-refractivity contribution >= 4 is 10.0 Å². The highest BCUT2D eigenvalue weighted by molar-refractivity contribution is 7.92. The summed E-state index contributed by atoms with van der Waals surface area (Å²) in [5, 5.41) is 10.1. The summed E-state index contributed by atoms with van der Waals surface area (Å²) in [7, 11) is -3.34. The van der Waals surface area contributed by atoms with Crippen LogP contribution in [0.5, 0.6) is 0 Å². The Bertz CT molecular complexity index is 272. The predicted molar refractivity (Wildman–Crippen MR) is 45.9 cm³/mol. The number of nitrogens with zero attached hydrogens (tertiary/aromatic N) is 1. The minimum Gasteiger partial charge on any atom is -0.392 e. The monoisotopic (exact) mass is 191 g/mol. The average molecular weight is 191 g/mol. The summed E-state index contributed by atoms with van der Waals surface area (Å²) in [6.45, 7) is 5.19. The summed E-state index contributed by atoms with van der Waals surface area (Å²) in [5.41, 5.74) is 0. The van der Waals surface area contributed by atoms with Gasteiger partial charge in [-0.1, -0.05) is 6.58 Å². The molecule has 1 aliphatic rings. The Kier molecular flexibility index (Phi) is 2.55. The van der Waals surface area contributed by atoms with Crippen LogP contribution in [0.3, 0.4) is 0 Å². The van der Waals surface area contributed by atoms with Crippen molar-refractivity contribution in [3.05, 3.63) is 12.0 Å². The molecular formula is C7H13NO3S. The quantitative estimate of drug-likeness (QED) is 0.664. The van der Waals surface area contributed by atoms with Crippen LogP contribution < -0.4 is 0 Å². The van der Waals surface area contributed by atoms with Gasteiger partial charge in [0.15, 0.2) is 0 Å². The maximum atomic E-state index is 11.3. The maximum absolute atomic E-state index is 11.3. The van der Waals surface area contributed by atoms with Gasteiger partial charge in [0, 0.05) is 18.0 Å². The highest BCUT2D eigenvalue weighted by atomic mass is 32.2.